The van der Waals surface area contributed by atoms with E-state index in [1.54, 1.807) is 12.4 Å². The van der Waals surface area contributed by atoms with Gasteiger partial charge in [0.25, 0.3) is 0 Å². The maximum atomic E-state index is 4.48. The molecule has 0 saturated heterocycles. The van der Waals surface area contributed by atoms with E-state index in [1.165, 1.54) is 11.1 Å². The first-order chi connectivity index (χ1) is 11.6. The number of benzene rings is 1. The van der Waals surface area contributed by atoms with Crippen molar-refractivity contribution in [2.45, 2.75) is 27.3 Å². The van der Waals surface area contributed by atoms with E-state index in [9.17, 15) is 0 Å². The normalized spacial score (nSPS) is 10.5. The standard InChI is InChI=1S/C19H21N5/c1-13-4-5-17(14(2)10-13)24-19-11-18(22-15(3)23-19)21-12-16-6-8-20-9-7-16/h4-11H,12H2,1-3H3,(H2,21,22,23,24). The minimum Gasteiger partial charge on any atom is -0.366 e. The Bertz CT molecular complexity index is 830. The van der Waals surface area contributed by atoms with Crippen LogP contribution in [0.2, 0.25) is 0 Å². The molecular weight excluding hydrogens is 298 g/mol. The molecule has 0 spiro atoms. The van der Waals surface area contributed by atoms with Gasteiger partial charge in [0.05, 0.1) is 0 Å². The zero-order chi connectivity index (χ0) is 16.9. The summed E-state index contributed by atoms with van der Waals surface area (Å²) in [5.41, 5.74) is 4.65. The summed E-state index contributed by atoms with van der Waals surface area (Å²) in [6.45, 7) is 6.77. The van der Waals surface area contributed by atoms with Crippen molar-refractivity contribution in [3.05, 3.63) is 71.3 Å². The lowest BCUT2D eigenvalue weighted by Crippen LogP contribution is -2.05. The molecule has 3 rings (SSSR count). The molecule has 0 bridgehead atoms. The summed E-state index contributed by atoms with van der Waals surface area (Å²) >= 11 is 0. The second-order valence-corrected chi connectivity index (χ2v) is 5.84. The molecule has 122 valence electrons. The lowest BCUT2D eigenvalue weighted by molar-refractivity contribution is 1.02. The number of nitrogens with zero attached hydrogens (tertiary/aromatic N) is 3. The summed E-state index contributed by atoms with van der Waals surface area (Å²) in [6.07, 6.45) is 3.57. The molecule has 1 aromatic carbocycles. The van der Waals surface area contributed by atoms with Crippen molar-refractivity contribution < 1.29 is 0 Å². The molecule has 3 aromatic rings. The van der Waals surface area contributed by atoms with E-state index < -0.39 is 0 Å². The van der Waals surface area contributed by atoms with Gasteiger partial charge in [-0.05, 0) is 50.1 Å². The minimum absolute atomic E-state index is 0.696. The molecular formula is C19H21N5. The van der Waals surface area contributed by atoms with Crippen LogP contribution >= 0.6 is 0 Å². The van der Waals surface area contributed by atoms with Gasteiger partial charge in [-0.15, -0.1) is 0 Å². The molecule has 2 N–H and O–H groups in total. The van der Waals surface area contributed by atoms with Crippen LogP contribution in [0.4, 0.5) is 17.3 Å². The summed E-state index contributed by atoms with van der Waals surface area (Å²) in [6, 6.07) is 12.2. The molecule has 0 aliphatic carbocycles. The quantitative estimate of drug-likeness (QED) is 0.739. The first-order valence-electron chi connectivity index (χ1n) is 7.93. The Balaban J connectivity index is 1.76. The largest absolute Gasteiger partial charge is 0.366 e. The second kappa shape index (κ2) is 7.08. The molecule has 0 aliphatic heterocycles. The Kier molecular flexibility index (Phi) is 4.70. The Morgan fingerprint density at radius 2 is 1.62 bits per heavy atom. The molecule has 0 aliphatic rings. The molecule has 0 atom stereocenters. The maximum Gasteiger partial charge on any atom is 0.136 e. The average Bonchev–Trinajstić information content (AvgIpc) is 2.56. The van der Waals surface area contributed by atoms with Crippen LogP contribution in [0.5, 0.6) is 0 Å². The Hall–Kier alpha value is -2.95. The van der Waals surface area contributed by atoms with Crippen molar-refractivity contribution in [1.29, 1.82) is 0 Å². The summed E-state index contributed by atoms with van der Waals surface area (Å²) < 4.78 is 0. The fraction of sp³-hybridized carbons (Fsp3) is 0.211. The lowest BCUT2D eigenvalue weighted by atomic mass is 10.1. The molecule has 2 aromatic heterocycles. The highest BCUT2D eigenvalue weighted by Crippen LogP contribution is 2.22. The number of hydrogen-bond acceptors (Lipinski definition) is 5. The third kappa shape index (κ3) is 4.07. The second-order valence-electron chi connectivity index (χ2n) is 5.84. The van der Waals surface area contributed by atoms with Gasteiger partial charge in [0.1, 0.15) is 17.5 Å². The number of nitrogens with one attached hydrogen (secondary N) is 2. The van der Waals surface area contributed by atoms with Crippen molar-refractivity contribution in [3.63, 3.8) is 0 Å². The van der Waals surface area contributed by atoms with E-state index in [2.05, 4.69) is 57.6 Å². The molecule has 0 unspecified atom stereocenters. The fourth-order valence-corrected chi connectivity index (χ4v) is 2.51. The van der Waals surface area contributed by atoms with Gasteiger partial charge in [-0.25, -0.2) is 9.97 Å². The van der Waals surface area contributed by atoms with Gasteiger partial charge in [-0.1, -0.05) is 17.7 Å². The van der Waals surface area contributed by atoms with Crippen LogP contribution in [0.1, 0.15) is 22.5 Å². The summed E-state index contributed by atoms with van der Waals surface area (Å²) in [5.74, 6) is 2.31. The summed E-state index contributed by atoms with van der Waals surface area (Å²) in [4.78, 5) is 13.0. The Labute approximate surface area is 142 Å². The smallest absolute Gasteiger partial charge is 0.136 e. The zero-order valence-electron chi connectivity index (χ0n) is 14.2. The van der Waals surface area contributed by atoms with Gasteiger partial charge in [0.15, 0.2) is 0 Å². The third-order valence-corrected chi connectivity index (χ3v) is 3.71. The highest BCUT2D eigenvalue weighted by molar-refractivity contribution is 5.63. The van der Waals surface area contributed by atoms with Crippen LogP contribution in [-0.2, 0) is 6.54 Å². The first-order valence-corrected chi connectivity index (χ1v) is 7.93. The van der Waals surface area contributed by atoms with Crippen LogP contribution in [0.25, 0.3) is 0 Å². The van der Waals surface area contributed by atoms with Gasteiger partial charge in [0.2, 0.25) is 0 Å². The van der Waals surface area contributed by atoms with Crippen LogP contribution in [0.15, 0.2) is 48.8 Å². The molecule has 0 fully saturated rings. The predicted molar refractivity (Wildman–Crippen MR) is 97.5 cm³/mol. The SMILES string of the molecule is Cc1ccc(Nc2cc(NCc3ccncc3)nc(C)n2)c(C)c1. The number of rotatable bonds is 5. The molecule has 5 nitrogen and oxygen atoms in total. The van der Waals surface area contributed by atoms with Gasteiger partial charge in [0, 0.05) is 30.7 Å². The number of aryl methyl sites for hydroxylation is 3. The fourth-order valence-electron chi connectivity index (χ4n) is 2.51. The van der Waals surface area contributed by atoms with Crippen molar-refractivity contribution in [2.75, 3.05) is 10.6 Å². The number of pyridine rings is 1. The molecule has 5 heteroatoms. The van der Waals surface area contributed by atoms with Crippen molar-refractivity contribution in [1.82, 2.24) is 15.0 Å². The van der Waals surface area contributed by atoms with Gasteiger partial charge >= 0.3 is 0 Å². The average molecular weight is 319 g/mol. The van der Waals surface area contributed by atoms with E-state index in [0.717, 1.165) is 28.7 Å². The van der Waals surface area contributed by atoms with Crippen LogP contribution in [-0.4, -0.2) is 15.0 Å². The number of anilines is 3. The zero-order valence-corrected chi connectivity index (χ0v) is 14.2. The van der Waals surface area contributed by atoms with Crippen molar-refractivity contribution in [3.8, 4) is 0 Å². The molecule has 0 radical (unpaired) electrons. The Morgan fingerprint density at radius 3 is 2.38 bits per heavy atom. The minimum atomic E-state index is 0.696. The van der Waals surface area contributed by atoms with Gasteiger partial charge in [-0.3, -0.25) is 4.98 Å². The van der Waals surface area contributed by atoms with Crippen LogP contribution in [0.3, 0.4) is 0 Å². The van der Waals surface area contributed by atoms with E-state index in [0.29, 0.717) is 6.54 Å². The molecule has 2 heterocycles. The van der Waals surface area contributed by atoms with E-state index in [1.807, 2.05) is 25.1 Å². The van der Waals surface area contributed by atoms with E-state index >= 15 is 0 Å². The first kappa shape index (κ1) is 15.9. The highest BCUT2D eigenvalue weighted by Gasteiger charge is 2.05. The van der Waals surface area contributed by atoms with Crippen LogP contribution in [0, 0.1) is 20.8 Å². The van der Waals surface area contributed by atoms with Crippen molar-refractivity contribution in [2.24, 2.45) is 0 Å². The summed E-state index contributed by atoms with van der Waals surface area (Å²) in [5, 5.41) is 6.71. The number of aromatic nitrogens is 3. The van der Waals surface area contributed by atoms with E-state index in [-0.39, 0.29) is 0 Å². The summed E-state index contributed by atoms with van der Waals surface area (Å²) in [7, 11) is 0. The molecule has 0 amide bonds. The highest BCUT2D eigenvalue weighted by atomic mass is 15.1. The van der Waals surface area contributed by atoms with Crippen LogP contribution < -0.4 is 10.6 Å². The predicted octanol–water partition coefficient (Wildman–Crippen LogP) is 4.15. The lowest BCUT2D eigenvalue weighted by Gasteiger charge is -2.12. The topological polar surface area (TPSA) is 62.7 Å². The van der Waals surface area contributed by atoms with E-state index in [4.69, 9.17) is 0 Å². The molecule has 24 heavy (non-hydrogen) atoms. The maximum absolute atomic E-state index is 4.48. The van der Waals surface area contributed by atoms with Gasteiger partial charge in [-0.2, -0.15) is 0 Å². The number of hydrogen-bond donors (Lipinski definition) is 2. The van der Waals surface area contributed by atoms with Gasteiger partial charge < -0.3 is 10.6 Å². The van der Waals surface area contributed by atoms with Crippen molar-refractivity contribution >= 4 is 17.3 Å². The molecule has 0 saturated carbocycles. The third-order valence-electron chi connectivity index (χ3n) is 3.71. The monoisotopic (exact) mass is 319 g/mol. The Morgan fingerprint density at radius 1 is 0.875 bits per heavy atom.